The first-order valence-electron chi connectivity index (χ1n) is 24.1. The Morgan fingerprint density at radius 3 is 1.34 bits per heavy atom. The minimum Gasteiger partial charge on any atom is -0.456 e. The van der Waals surface area contributed by atoms with Crippen molar-refractivity contribution < 1.29 is 4.42 Å². The Morgan fingerprint density at radius 1 is 0.314 bits per heavy atom. The topological polar surface area (TPSA) is 21.3 Å². The van der Waals surface area contributed by atoms with E-state index in [1.807, 2.05) is 12.1 Å². The van der Waals surface area contributed by atoms with Crippen molar-refractivity contribution in [1.29, 1.82) is 0 Å². The lowest BCUT2D eigenvalue weighted by Gasteiger charge is -2.34. The lowest BCUT2D eigenvalue weighted by Crippen LogP contribution is -2.28. The van der Waals surface area contributed by atoms with E-state index in [-0.39, 0.29) is 0 Å². The van der Waals surface area contributed by atoms with Gasteiger partial charge in [0.2, 0.25) is 0 Å². The second-order valence-electron chi connectivity index (χ2n) is 18.4. The molecule has 2 aromatic heterocycles. The maximum Gasteiger partial charge on any atom is 0.135 e. The lowest BCUT2D eigenvalue weighted by molar-refractivity contribution is 0.669. The van der Waals surface area contributed by atoms with Gasteiger partial charge in [-0.3, -0.25) is 0 Å². The molecule has 0 spiro atoms. The molecule has 0 fully saturated rings. The first kappa shape index (κ1) is 39.9. The van der Waals surface area contributed by atoms with Crippen molar-refractivity contribution in [2.75, 3.05) is 4.90 Å². The molecule has 1 aliphatic carbocycles. The van der Waals surface area contributed by atoms with Crippen LogP contribution in [0.5, 0.6) is 0 Å². The van der Waals surface area contributed by atoms with Crippen LogP contribution in [0.3, 0.4) is 0 Å². The molecule has 3 heteroatoms. The van der Waals surface area contributed by atoms with Gasteiger partial charge >= 0.3 is 0 Å². The molecule has 14 rings (SSSR count). The third kappa shape index (κ3) is 6.15. The molecule has 0 saturated carbocycles. The number of rotatable bonds is 8. The van der Waals surface area contributed by atoms with Gasteiger partial charge in [-0.2, -0.15) is 0 Å². The summed E-state index contributed by atoms with van der Waals surface area (Å²) in [7, 11) is 0. The zero-order valence-electron chi connectivity index (χ0n) is 38.2. The van der Waals surface area contributed by atoms with Crippen molar-refractivity contribution in [2.45, 2.75) is 5.41 Å². The summed E-state index contributed by atoms with van der Waals surface area (Å²) < 4.78 is 8.55. The van der Waals surface area contributed by atoms with Crippen molar-refractivity contribution in [2.24, 2.45) is 0 Å². The number of hydrogen-bond acceptors (Lipinski definition) is 2. The van der Waals surface area contributed by atoms with Crippen molar-refractivity contribution in [1.82, 2.24) is 4.57 Å². The minimum absolute atomic E-state index is 0.473. The Bertz CT molecular complexity index is 3990. The Morgan fingerprint density at radius 2 is 0.743 bits per heavy atom. The molecule has 2 heterocycles. The third-order valence-electron chi connectivity index (χ3n) is 14.7. The average Bonchev–Trinajstić information content (AvgIpc) is 4.08. The molecule has 328 valence electrons. The van der Waals surface area contributed by atoms with Gasteiger partial charge in [0.1, 0.15) is 11.2 Å². The zero-order chi connectivity index (χ0) is 46.2. The smallest absolute Gasteiger partial charge is 0.135 e. The first-order chi connectivity index (χ1) is 34.7. The van der Waals surface area contributed by atoms with E-state index in [1.54, 1.807) is 0 Å². The van der Waals surface area contributed by atoms with E-state index < -0.39 is 5.41 Å². The number of hydrogen-bond donors (Lipinski definition) is 0. The summed E-state index contributed by atoms with van der Waals surface area (Å²) in [5.41, 5.74) is 20.4. The number of anilines is 3. The summed E-state index contributed by atoms with van der Waals surface area (Å²) in [5.74, 6) is 0. The van der Waals surface area contributed by atoms with E-state index in [4.69, 9.17) is 4.42 Å². The highest BCUT2D eigenvalue weighted by Crippen LogP contribution is 2.56. The molecule has 0 bridgehead atoms. The Labute approximate surface area is 406 Å². The van der Waals surface area contributed by atoms with Gasteiger partial charge in [-0.05, 0) is 134 Å². The van der Waals surface area contributed by atoms with Crippen LogP contribution in [0.25, 0.3) is 82.8 Å². The second kappa shape index (κ2) is 16.0. The highest BCUT2D eigenvalue weighted by Gasteiger charge is 2.45. The van der Waals surface area contributed by atoms with Gasteiger partial charge in [0.05, 0.1) is 16.4 Å². The van der Waals surface area contributed by atoms with Crippen molar-refractivity contribution in [3.8, 4) is 39.1 Å². The van der Waals surface area contributed by atoms with Gasteiger partial charge < -0.3 is 13.9 Å². The monoisotopic (exact) mass is 892 g/mol. The number of furan rings is 1. The van der Waals surface area contributed by atoms with Gasteiger partial charge in [-0.15, -0.1) is 0 Å². The van der Waals surface area contributed by atoms with Crippen LogP contribution < -0.4 is 4.90 Å². The van der Waals surface area contributed by atoms with Crippen molar-refractivity contribution >= 4 is 60.8 Å². The molecule has 0 radical (unpaired) electrons. The van der Waals surface area contributed by atoms with Crippen LogP contribution in [0, 0.1) is 0 Å². The fraction of sp³-hybridized carbons (Fsp3) is 0.0149. The Kier molecular flexibility index (Phi) is 9.11. The summed E-state index contributed by atoms with van der Waals surface area (Å²) in [6, 6.07) is 97.3. The first-order valence-corrected chi connectivity index (χ1v) is 24.1. The third-order valence-corrected chi connectivity index (χ3v) is 14.7. The van der Waals surface area contributed by atoms with Crippen LogP contribution in [0.15, 0.2) is 271 Å². The molecule has 1 aliphatic rings. The Hall–Kier alpha value is -9.18. The summed E-state index contributed by atoms with van der Waals surface area (Å²) >= 11 is 0. The maximum atomic E-state index is 6.18. The van der Waals surface area contributed by atoms with Crippen LogP contribution in [0.4, 0.5) is 17.1 Å². The molecule has 13 aromatic rings. The number of aromatic nitrogens is 1. The molecule has 0 aliphatic heterocycles. The van der Waals surface area contributed by atoms with E-state index in [9.17, 15) is 0 Å². The minimum atomic E-state index is -0.473. The van der Waals surface area contributed by atoms with Crippen LogP contribution in [-0.4, -0.2) is 4.57 Å². The highest BCUT2D eigenvalue weighted by atomic mass is 16.3. The second-order valence-corrected chi connectivity index (χ2v) is 18.4. The van der Waals surface area contributed by atoms with Crippen LogP contribution in [0.1, 0.15) is 22.3 Å². The average molecular weight is 893 g/mol. The number of benzene rings is 11. The molecule has 0 saturated heterocycles. The molecule has 0 N–H and O–H groups in total. The molecule has 11 aromatic carbocycles. The largest absolute Gasteiger partial charge is 0.456 e. The van der Waals surface area contributed by atoms with Gasteiger partial charge in [0.25, 0.3) is 0 Å². The summed E-state index contributed by atoms with van der Waals surface area (Å²) in [4.78, 5) is 2.38. The normalized spacial score (nSPS) is 12.7. The summed E-state index contributed by atoms with van der Waals surface area (Å²) in [6.07, 6.45) is 0. The number of fused-ring (bicyclic) bond motifs is 9. The van der Waals surface area contributed by atoms with Gasteiger partial charge in [-0.25, -0.2) is 0 Å². The van der Waals surface area contributed by atoms with Crippen LogP contribution in [0.2, 0.25) is 0 Å². The SMILES string of the molecule is c1ccc(C2(c3ccc(N(c4ccc(-c5ccc(-n6c7ccccc7c7ccccc76)cc5)cc4)c4ccc(-c5ccc6oc7ccccc7c6c5)cc4)cc3)c3ccccc3-c3ccccc32)cc1. The predicted molar refractivity (Wildman–Crippen MR) is 291 cm³/mol. The number of nitrogens with zero attached hydrogens (tertiary/aromatic N) is 2. The molecular formula is C67H44N2O. The summed E-state index contributed by atoms with van der Waals surface area (Å²) in [5, 5.41) is 4.79. The fourth-order valence-corrected chi connectivity index (χ4v) is 11.5. The molecule has 0 atom stereocenters. The van der Waals surface area contributed by atoms with Crippen molar-refractivity contribution in [3.63, 3.8) is 0 Å². The van der Waals surface area contributed by atoms with E-state index in [2.05, 4.69) is 264 Å². The van der Waals surface area contributed by atoms with Gasteiger partial charge in [0.15, 0.2) is 0 Å². The molecule has 70 heavy (non-hydrogen) atoms. The van der Waals surface area contributed by atoms with Gasteiger partial charge in [-0.1, -0.05) is 188 Å². The quantitative estimate of drug-likeness (QED) is 0.152. The predicted octanol–water partition coefficient (Wildman–Crippen LogP) is 17.8. The lowest BCUT2D eigenvalue weighted by atomic mass is 9.68. The molecular weight excluding hydrogens is 849 g/mol. The highest BCUT2D eigenvalue weighted by molar-refractivity contribution is 6.09. The fourth-order valence-electron chi connectivity index (χ4n) is 11.5. The van der Waals surface area contributed by atoms with Crippen LogP contribution >= 0.6 is 0 Å². The Balaban J connectivity index is 0.860. The molecule has 0 unspecified atom stereocenters. The van der Waals surface area contributed by atoms with E-state index in [1.165, 1.54) is 60.8 Å². The van der Waals surface area contributed by atoms with Crippen LogP contribution in [-0.2, 0) is 5.41 Å². The molecule has 3 nitrogen and oxygen atoms in total. The maximum absolute atomic E-state index is 6.18. The van der Waals surface area contributed by atoms with Crippen molar-refractivity contribution in [3.05, 3.63) is 289 Å². The summed E-state index contributed by atoms with van der Waals surface area (Å²) in [6.45, 7) is 0. The van der Waals surface area contributed by atoms with E-state index >= 15 is 0 Å². The van der Waals surface area contributed by atoms with Gasteiger partial charge in [0, 0.05) is 44.3 Å². The molecule has 0 amide bonds. The number of para-hydroxylation sites is 3. The van der Waals surface area contributed by atoms with E-state index in [0.717, 1.165) is 61.4 Å². The standard InChI is InChI=1S/C67H44N2O/c1-2-14-49(15-3-1)67(61-21-9-4-16-55(61)56-17-5-10-22-62(56)67)50-33-41-53(42-34-50)68(52-37-30-47(31-38-52)48-32-43-66-60(44-48)59-20-8-13-25-65(59)70-66)51-35-26-45(27-36-51)46-28-39-54(40-29-46)69-63-23-11-6-18-57(63)58-19-7-12-24-64(58)69/h1-44H. The van der Waals surface area contributed by atoms with E-state index in [0.29, 0.717) is 0 Å². The zero-order valence-corrected chi connectivity index (χ0v) is 38.2.